The molecule has 0 aliphatic heterocycles. The summed E-state index contributed by atoms with van der Waals surface area (Å²) in [5.41, 5.74) is 5.20. The topological polar surface area (TPSA) is 72.0 Å². The van der Waals surface area contributed by atoms with E-state index >= 15 is 0 Å². The highest BCUT2D eigenvalue weighted by Gasteiger charge is 2.12. The lowest BCUT2D eigenvalue weighted by molar-refractivity contribution is 0.252. The summed E-state index contributed by atoms with van der Waals surface area (Å²) < 4.78 is 26.0. The molecule has 2 amide bonds. The molecule has 166 valence electrons. The second-order valence-electron chi connectivity index (χ2n) is 6.77. The first kappa shape index (κ1) is 23.3. The van der Waals surface area contributed by atoms with Crippen LogP contribution in [0, 0.1) is 12.7 Å². The Morgan fingerprint density at radius 2 is 1.81 bits per heavy atom. The van der Waals surface area contributed by atoms with Gasteiger partial charge in [-0.1, -0.05) is 36.4 Å². The maximum Gasteiger partial charge on any atom is 0.339 e. The Bertz CT molecular complexity index is 1120. The van der Waals surface area contributed by atoms with Crippen LogP contribution < -0.4 is 20.2 Å². The van der Waals surface area contributed by atoms with E-state index in [4.69, 9.17) is 9.47 Å². The molecular formula is C24H23BrFN3O3. The van der Waals surface area contributed by atoms with Crippen LogP contribution in [-0.2, 0) is 6.61 Å². The Morgan fingerprint density at radius 1 is 1.09 bits per heavy atom. The number of rotatable bonds is 8. The van der Waals surface area contributed by atoms with Crippen molar-refractivity contribution in [3.8, 4) is 11.5 Å². The minimum atomic E-state index is -0.457. The summed E-state index contributed by atoms with van der Waals surface area (Å²) in [5.74, 6) is 0.616. The number of hydrogen-bond acceptors (Lipinski definition) is 4. The van der Waals surface area contributed by atoms with Gasteiger partial charge in [-0.15, -0.1) is 0 Å². The van der Waals surface area contributed by atoms with Gasteiger partial charge in [0.25, 0.3) is 0 Å². The molecule has 0 aliphatic rings. The predicted molar refractivity (Wildman–Crippen MR) is 127 cm³/mol. The fourth-order valence-corrected chi connectivity index (χ4v) is 3.25. The van der Waals surface area contributed by atoms with E-state index in [9.17, 15) is 9.18 Å². The van der Waals surface area contributed by atoms with Crippen LogP contribution in [0.15, 0.2) is 70.2 Å². The quantitative estimate of drug-likeness (QED) is 0.293. The standard InChI is InChI=1S/C24H23BrFN3O3/c1-3-31-22-12-18(14-27-29-24(30)28-21-11-7-4-8-16(21)2)19(25)13-23(22)32-15-17-9-5-6-10-20(17)26/h4-14H,3,15H2,1-2H3,(H2,28,29,30). The van der Waals surface area contributed by atoms with Crippen molar-refractivity contribution >= 4 is 33.9 Å². The van der Waals surface area contributed by atoms with E-state index < -0.39 is 6.03 Å². The second-order valence-corrected chi connectivity index (χ2v) is 7.63. The molecule has 32 heavy (non-hydrogen) atoms. The van der Waals surface area contributed by atoms with Crippen LogP contribution in [0.1, 0.15) is 23.6 Å². The zero-order valence-corrected chi connectivity index (χ0v) is 19.3. The van der Waals surface area contributed by atoms with Gasteiger partial charge in [-0.25, -0.2) is 14.6 Å². The van der Waals surface area contributed by atoms with Crippen molar-refractivity contribution in [2.24, 2.45) is 5.10 Å². The van der Waals surface area contributed by atoms with E-state index in [2.05, 4.69) is 31.8 Å². The first-order chi connectivity index (χ1) is 15.5. The summed E-state index contributed by atoms with van der Waals surface area (Å²) in [6.45, 7) is 4.24. The number of aryl methyl sites for hydroxylation is 1. The first-order valence-electron chi connectivity index (χ1n) is 9.96. The van der Waals surface area contributed by atoms with Crippen molar-refractivity contribution in [1.82, 2.24) is 5.43 Å². The van der Waals surface area contributed by atoms with Gasteiger partial charge in [0, 0.05) is 21.3 Å². The summed E-state index contributed by atoms with van der Waals surface area (Å²) in [6, 6.07) is 16.9. The van der Waals surface area contributed by atoms with Crippen molar-refractivity contribution in [2.75, 3.05) is 11.9 Å². The zero-order valence-electron chi connectivity index (χ0n) is 17.7. The number of halogens is 2. The van der Waals surface area contributed by atoms with Gasteiger partial charge in [0.2, 0.25) is 0 Å². The number of ether oxygens (including phenoxy) is 2. The molecule has 0 saturated heterocycles. The van der Waals surface area contributed by atoms with Gasteiger partial charge in [-0.05, 0) is 59.6 Å². The summed E-state index contributed by atoms with van der Waals surface area (Å²) >= 11 is 3.47. The molecule has 0 heterocycles. The van der Waals surface area contributed by atoms with Gasteiger partial charge in [-0.2, -0.15) is 5.10 Å². The molecule has 3 aromatic rings. The van der Waals surface area contributed by atoms with Gasteiger partial charge < -0.3 is 14.8 Å². The maximum atomic E-state index is 13.9. The van der Waals surface area contributed by atoms with Crippen LogP contribution in [0.5, 0.6) is 11.5 Å². The molecule has 3 aromatic carbocycles. The SMILES string of the molecule is CCOc1cc(C=NNC(=O)Nc2ccccc2C)c(Br)cc1OCc1ccccc1F. The summed E-state index contributed by atoms with van der Waals surface area (Å²) in [4.78, 5) is 12.1. The molecule has 3 rings (SSSR count). The third-order valence-electron chi connectivity index (χ3n) is 4.47. The molecule has 0 saturated carbocycles. The largest absolute Gasteiger partial charge is 0.490 e. The third kappa shape index (κ3) is 6.31. The Labute approximate surface area is 194 Å². The molecule has 2 N–H and O–H groups in total. The molecule has 0 fully saturated rings. The van der Waals surface area contributed by atoms with Gasteiger partial charge in [-0.3, -0.25) is 0 Å². The van der Waals surface area contributed by atoms with E-state index in [1.807, 2.05) is 38.1 Å². The van der Waals surface area contributed by atoms with Gasteiger partial charge in [0.05, 0.1) is 12.8 Å². The average Bonchev–Trinajstić information content (AvgIpc) is 2.77. The molecule has 0 spiro atoms. The third-order valence-corrected chi connectivity index (χ3v) is 5.15. The Kier molecular flexibility index (Phi) is 8.21. The number of para-hydroxylation sites is 1. The number of nitrogens with one attached hydrogen (secondary N) is 2. The van der Waals surface area contributed by atoms with E-state index in [0.29, 0.717) is 39.4 Å². The van der Waals surface area contributed by atoms with Crippen LogP contribution in [0.4, 0.5) is 14.9 Å². The van der Waals surface area contributed by atoms with Crippen molar-refractivity contribution < 1.29 is 18.7 Å². The van der Waals surface area contributed by atoms with E-state index in [0.717, 1.165) is 5.56 Å². The van der Waals surface area contributed by atoms with Gasteiger partial charge in [0.15, 0.2) is 11.5 Å². The average molecular weight is 500 g/mol. The van der Waals surface area contributed by atoms with E-state index in [1.54, 1.807) is 30.3 Å². The molecule has 0 aliphatic carbocycles. The molecule has 6 nitrogen and oxygen atoms in total. The molecule has 0 unspecified atom stereocenters. The number of amides is 2. The van der Waals surface area contributed by atoms with Crippen LogP contribution in [-0.4, -0.2) is 18.9 Å². The molecule has 0 bridgehead atoms. The molecule has 0 atom stereocenters. The van der Waals surface area contributed by atoms with Crippen LogP contribution in [0.25, 0.3) is 0 Å². The minimum absolute atomic E-state index is 0.0628. The number of carbonyl (C=O) groups is 1. The summed E-state index contributed by atoms with van der Waals surface area (Å²) in [6.07, 6.45) is 1.49. The molecule has 0 radical (unpaired) electrons. The van der Waals surface area contributed by atoms with Gasteiger partial charge >= 0.3 is 6.03 Å². The number of carbonyl (C=O) groups excluding carboxylic acids is 1. The van der Waals surface area contributed by atoms with Crippen LogP contribution >= 0.6 is 15.9 Å². The lowest BCUT2D eigenvalue weighted by Crippen LogP contribution is -2.24. The number of anilines is 1. The Morgan fingerprint density at radius 3 is 2.56 bits per heavy atom. The minimum Gasteiger partial charge on any atom is -0.490 e. The highest BCUT2D eigenvalue weighted by molar-refractivity contribution is 9.10. The molecule has 0 aromatic heterocycles. The van der Waals surface area contributed by atoms with Gasteiger partial charge in [0.1, 0.15) is 12.4 Å². The van der Waals surface area contributed by atoms with Crippen LogP contribution in [0.3, 0.4) is 0 Å². The molecular weight excluding hydrogens is 477 g/mol. The van der Waals surface area contributed by atoms with Crippen molar-refractivity contribution in [2.45, 2.75) is 20.5 Å². The summed E-state index contributed by atoms with van der Waals surface area (Å²) in [5, 5.41) is 6.74. The molecule has 8 heteroatoms. The summed E-state index contributed by atoms with van der Waals surface area (Å²) in [7, 11) is 0. The van der Waals surface area contributed by atoms with E-state index in [1.165, 1.54) is 12.3 Å². The van der Waals surface area contributed by atoms with E-state index in [-0.39, 0.29) is 12.4 Å². The first-order valence-corrected chi connectivity index (χ1v) is 10.8. The lowest BCUT2D eigenvalue weighted by Gasteiger charge is -2.14. The lowest BCUT2D eigenvalue weighted by atomic mass is 10.2. The van der Waals surface area contributed by atoms with Crippen molar-refractivity contribution in [3.05, 3.63) is 87.6 Å². The zero-order chi connectivity index (χ0) is 22.9. The van der Waals surface area contributed by atoms with Crippen LogP contribution in [0.2, 0.25) is 0 Å². The predicted octanol–water partition coefficient (Wildman–Crippen LogP) is 6.03. The normalized spacial score (nSPS) is 10.8. The fourth-order valence-electron chi connectivity index (χ4n) is 2.83. The maximum absolute atomic E-state index is 13.9. The highest BCUT2D eigenvalue weighted by atomic mass is 79.9. The monoisotopic (exact) mass is 499 g/mol. The van der Waals surface area contributed by atoms with Crippen molar-refractivity contribution in [1.29, 1.82) is 0 Å². The van der Waals surface area contributed by atoms with Crippen molar-refractivity contribution in [3.63, 3.8) is 0 Å². The number of hydrogen-bond donors (Lipinski definition) is 2. The Hall–Kier alpha value is -3.39. The highest BCUT2D eigenvalue weighted by Crippen LogP contribution is 2.34. The Balaban J connectivity index is 1.68. The second kappa shape index (κ2) is 11.3. The number of urea groups is 1. The number of benzene rings is 3. The smallest absolute Gasteiger partial charge is 0.339 e. The number of nitrogens with zero attached hydrogens (tertiary/aromatic N) is 1. The number of hydrazone groups is 1. The fraction of sp³-hybridized carbons (Fsp3) is 0.167.